The highest BCUT2D eigenvalue weighted by molar-refractivity contribution is 7.14. The molecule has 7 nitrogen and oxygen atoms in total. The topological polar surface area (TPSA) is 91.4 Å². The zero-order chi connectivity index (χ0) is 26.1. The summed E-state index contributed by atoms with van der Waals surface area (Å²) in [7, 11) is 0. The normalized spacial score (nSPS) is 13.3. The molecule has 2 N–H and O–H groups in total. The molecule has 11 heteroatoms. The van der Waals surface area contributed by atoms with Crippen molar-refractivity contribution >= 4 is 68.8 Å². The molecule has 3 aromatic carbocycles. The first kappa shape index (κ1) is 24.6. The molecule has 0 bridgehead atoms. The number of anilines is 3. The predicted molar refractivity (Wildman–Crippen MR) is 142 cm³/mol. The van der Waals surface area contributed by atoms with Crippen LogP contribution in [0, 0.1) is 5.82 Å². The summed E-state index contributed by atoms with van der Waals surface area (Å²) in [6, 6.07) is 18.8. The molecule has 0 atom stereocenters. The van der Waals surface area contributed by atoms with Gasteiger partial charge in [-0.05, 0) is 42.5 Å². The fraction of sp³-hybridized carbons (Fsp3) is 0. The number of benzene rings is 3. The Morgan fingerprint density at radius 1 is 0.946 bits per heavy atom. The van der Waals surface area contributed by atoms with Crippen molar-refractivity contribution in [1.82, 2.24) is 4.98 Å². The van der Waals surface area contributed by atoms with Gasteiger partial charge in [0.05, 0.1) is 11.4 Å². The van der Waals surface area contributed by atoms with Crippen LogP contribution in [0.1, 0.15) is 10.4 Å². The third-order valence-corrected chi connectivity index (χ3v) is 6.74. The number of nitrogens with one attached hydrogen (secondary N) is 2. The number of para-hydroxylation sites is 1. The number of hydrogen-bond donors (Lipinski definition) is 2. The number of carbonyl (C=O) groups excluding carboxylic acids is 3. The van der Waals surface area contributed by atoms with Crippen LogP contribution in [0.3, 0.4) is 0 Å². The summed E-state index contributed by atoms with van der Waals surface area (Å²) in [5, 5.41) is 7.97. The van der Waals surface area contributed by atoms with Crippen molar-refractivity contribution in [2.24, 2.45) is 0 Å². The van der Waals surface area contributed by atoms with Crippen LogP contribution in [0.5, 0.6) is 0 Å². The zero-order valence-corrected chi connectivity index (χ0v) is 21.0. The summed E-state index contributed by atoms with van der Waals surface area (Å²) in [5.74, 6) is -2.83. The van der Waals surface area contributed by atoms with Crippen molar-refractivity contribution in [3.63, 3.8) is 0 Å². The number of amides is 3. The van der Waals surface area contributed by atoms with Crippen LogP contribution < -0.4 is 15.5 Å². The van der Waals surface area contributed by atoms with E-state index < -0.39 is 23.5 Å². The molecule has 3 amide bonds. The second-order valence-corrected chi connectivity index (χ2v) is 9.46. The Hall–Kier alpha value is -4.05. The maximum Gasteiger partial charge on any atom is 0.283 e. The van der Waals surface area contributed by atoms with Gasteiger partial charge in [-0.25, -0.2) is 14.3 Å². The molecule has 37 heavy (non-hydrogen) atoms. The third kappa shape index (κ3) is 4.97. The molecule has 1 aliphatic heterocycles. The molecule has 184 valence electrons. The molecule has 0 spiro atoms. The molecule has 1 aliphatic rings. The van der Waals surface area contributed by atoms with Crippen LogP contribution in [0.2, 0.25) is 5.02 Å². The van der Waals surface area contributed by atoms with Gasteiger partial charge in [0.15, 0.2) is 5.13 Å². The van der Waals surface area contributed by atoms with E-state index in [4.69, 9.17) is 23.2 Å². The molecule has 0 unspecified atom stereocenters. The van der Waals surface area contributed by atoms with Crippen LogP contribution in [-0.4, -0.2) is 22.7 Å². The molecule has 2 heterocycles. The highest BCUT2D eigenvalue weighted by atomic mass is 35.5. The minimum absolute atomic E-state index is 0.206. The summed E-state index contributed by atoms with van der Waals surface area (Å²) in [4.78, 5) is 43.5. The van der Waals surface area contributed by atoms with E-state index in [0.29, 0.717) is 26.4 Å². The Bertz CT molecular complexity index is 1590. The zero-order valence-electron chi connectivity index (χ0n) is 18.7. The minimum atomic E-state index is -0.853. The van der Waals surface area contributed by atoms with Crippen molar-refractivity contribution in [2.45, 2.75) is 0 Å². The van der Waals surface area contributed by atoms with Crippen molar-refractivity contribution in [1.29, 1.82) is 0 Å². The Morgan fingerprint density at radius 3 is 2.46 bits per heavy atom. The van der Waals surface area contributed by atoms with E-state index in [2.05, 4.69) is 15.6 Å². The predicted octanol–water partition coefficient (Wildman–Crippen LogP) is 6.29. The number of thiazole rings is 1. The van der Waals surface area contributed by atoms with Gasteiger partial charge in [-0.1, -0.05) is 53.5 Å². The number of imide groups is 1. The van der Waals surface area contributed by atoms with Gasteiger partial charge in [0.1, 0.15) is 16.5 Å². The van der Waals surface area contributed by atoms with Crippen molar-refractivity contribution in [2.75, 3.05) is 15.5 Å². The van der Waals surface area contributed by atoms with Gasteiger partial charge in [-0.2, -0.15) is 0 Å². The van der Waals surface area contributed by atoms with Crippen molar-refractivity contribution < 1.29 is 18.8 Å². The highest BCUT2D eigenvalue weighted by Gasteiger charge is 2.40. The van der Waals surface area contributed by atoms with Crippen LogP contribution in [0.4, 0.5) is 20.9 Å². The van der Waals surface area contributed by atoms with Crippen LogP contribution >= 0.6 is 34.5 Å². The molecular weight excluding hydrogens is 538 g/mol. The van der Waals surface area contributed by atoms with Gasteiger partial charge in [0.2, 0.25) is 0 Å². The molecule has 0 aliphatic carbocycles. The van der Waals surface area contributed by atoms with Crippen LogP contribution in [0.25, 0.3) is 11.3 Å². The van der Waals surface area contributed by atoms with Crippen LogP contribution in [-0.2, 0) is 9.59 Å². The fourth-order valence-corrected chi connectivity index (χ4v) is 4.65. The SMILES string of the molecule is O=C(Nc1nc(-c2ccc(Cl)cc2)cs1)c1cccc(NC2=C(Cl)C(=O)N(c3ccccc3F)C2=O)c1. The Morgan fingerprint density at radius 2 is 1.70 bits per heavy atom. The summed E-state index contributed by atoms with van der Waals surface area (Å²) in [5.41, 5.74) is 1.73. The number of halogens is 3. The first-order chi connectivity index (χ1) is 17.8. The van der Waals surface area contributed by atoms with Crippen molar-refractivity contribution in [3.8, 4) is 11.3 Å². The quantitative estimate of drug-likeness (QED) is 0.274. The van der Waals surface area contributed by atoms with E-state index in [1.807, 2.05) is 17.5 Å². The van der Waals surface area contributed by atoms with Gasteiger partial charge in [-0.3, -0.25) is 19.7 Å². The second kappa shape index (κ2) is 10.1. The summed E-state index contributed by atoms with van der Waals surface area (Å²) in [6.07, 6.45) is 0. The van der Waals surface area contributed by atoms with Crippen LogP contribution in [0.15, 0.2) is 88.9 Å². The summed E-state index contributed by atoms with van der Waals surface area (Å²) < 4.78 is 14.2. The second-order valence-electron chi connectivity index (χ2n) is 7.79. The minimum Gasteiger partial charge on any atom is -0.350 e. The molecule has 0 saturated carbocycles. The molecule has 0 saturated heterocycles. The molecule has 0 fully saturated rings. The van der Waals surface area contributed by atoms with E-state index in [1.54, 1.807) is 30.3 Å². The molecule has 0 radical (unpaired) electrons. The lowest BCUT2D eigenvalue weighted by atomic mass is 10.2. The first-order valence-electron chi connectivity index (χ1n) is 10.7. The third-order valence-electron chi connectivity index (χ3n) is 5.38. The van der Waals surface area contributed by atoms with Gasteiger partial charge in [0, 0.05) is 27.2 Å². The molecular formula is C26H15Cl2FN4O3S. The lowest BCUT2D eigenvalue weighted by Gasteiger charge is -2.15. The Kier molecular flexibility index (Phi) is 6.75. The van der Waals surface area contributed by atoms with E-state index in [-0.39, 0.29) is 22.0 Å². The maximum atomic E-state index is 14.2. The van der Waals surface area contributed by atoms with Gasteiger partial charge >= 0.3 is 0 Å². The molecule has 5 rings (SSSR count). The highest BCUT2D eigenvalue weighted by Crippen LogP contribution is 2.32. The number of rotatable bonds is 6. The summed E-state index contributed by atoms with van der Waals surface area (Å²) in [6.45, 7) is 0. The average Bonchev–Trinajstić information content (AvgIpc) is 3.44. The first-order valence-corrected chi connectivity index (χ1v) is 12.4. The fourth-order valence-electron chi connectivity index (χ4n) is 3.60. The lowest BCUT2D eigenvalue weighted by molar-refractivity contribution is -0.120. The molecule has 4 aromatic rings. The molecule has 1 aromatic heterocycles. The average molecular weight is 553 g/mol. The van der Waals surface area contributed by atoms with E-state index >= 15 is 0 Å². The van der Waals surface area contributed by atoms with E-state index in [9.17, 15) is 18.8 Å². The number of nitrogens with zero attached hydrogens (tertiary/aromatic N) is 2. The standard InChI is InChI=1S/C26H15Cl2FN4O3S/c27-16-10-8-14(9-11-16)19-13-37-26(31-19)32-23(34)15-4-3-5-17(12-15)30-22-21(28)24(35)33(25(22)36)20-7-2-1-6-18(20)29/h1-13,30H,(H,31,32,34). The van der Waals surface area contributed by atoms with E-state index in [1.165, 1.54) is 35.6 Å². The smallest absolute Gasteiger partial charge is 0.283 e. The summed E-state index contributed by atoms with van der Waals surface area (Å²) >= 11 is 13.3. The van der Waals surface area contributed by atoms with Gasteiger partial charge in [-0.15, -0.1) is 11.3 Å². The van der Waals surface area contributed by atoms with E-state index in [0.717, 1.165) is 11.6 Å². The number of carbonyl (C=O) groups is 3. The maximum absolute atomic E-state index is 14.2. The number of aromatic nitrogens is 1. The largest absolute Gasteiger partial charge is 0.350 e. The monoisotopic (exact) mass is 552 g/mol. The van der Waals surface area contributed by atoms with Crippen molar-refractivity contribution in [3.05, 3.63) is 105 Å². The van der Waals surface area contributed by atoms with Gasteiger partial charge < -0.3 is 5.32 Å². The number of hydrogen-bond acceptors (Lipinski definition) is 6. The Labute approximate surface area is 224 Å². The lowest BCUT2D eigenvalue weighted by Crippen LogP contribution is -2.33. The van der Waals surface area contributed by atoms with Gasteiger partial charge in [0.25, 0.3) is 17.7 Å². The Balaban J connectivity index is 1.31.